The van der Waals surface area contributed by atoms with Crippen molar-refractivity contribution in [2.45, 2.75) is 268 Å². The van der Waals surface area contributed by atoms with Crippen LogP contribution < -0.4 is 16.0 Å². The van der Waals surface area contributed by atoms with Crippen molar-refractivity contribution in [1.29, 1.82) is 0 Å². The molecule has 2 bridgehead atoms. The zero-order valence-electron chi connectivity index (χ0n) is 62.3. The Hall–Kier alpha value is -6.55. The molecule has 576 valence electrons. The molecule has 0 aromatic heterocycles. The number of carbonyl (C=O) groups is 11. The van der Waals surface area contributed by atoms with Crippen LogP contribution >= 0.6 is 0 Å². The molecule has 5 unspecified atom stereocenters. The second-order valence-electron chi connectivity index (χ2n) is 30.7. The quantitative estimate of drug-likeness (QED) is 0.121. The van der Waals surface area contributed by atoms with Crippen molar-refractivity contribution < 1.29 is 83.8 Å². The number of rotatable bonds is 14. The molecular weight excluding hydrogens is 1340 g/mol. The summed E-state index contributed by atoms with van der Waals surface area (Å²) in [5.41, 5.74) is -1.59. The van der Waals surface area contributed by atoms with E-state index < -0.39 is 206 Å². The van der Waals surface area contributed by atoms with Gasteiger partial charge in [0.2, 0.25) is 65.0 Å². The van der Waals surface area contributed by atoms with Gasteiger partial charge in [0.05, 0.1) is 19.2 Å². The van der Waals surface area contributed by atoms with Crippen LogP contribution in [0.3, 0.4) is 0 Å². The van der Waals surface area contributed by atoms with Gasteiger partial charge in [-0.15, -0.1) is 0 Å². The summed E-state index contributed by atoms with van der Waals surface area (Å²) in [5, 5.41) is 8.60. The van der Waals surface area contributed by atoms with Crippen molar-refractivity contribution in [3.63, 3.8) is 0 Å². The van der Waals surface area contributed by atoms with Crippen molar-refractivity contribution in [3.8, 4) is 0 Å². The van der Waals surface area contributed by atoms with Gasteiger partial charge in [0.25, 0.3) is 0 Å². The molecule has 7 rings (SSSR count). The van der Waals surface area contributed by atoms with E-state index in [0.29, 0.717) is 32.1 Å². The summed E-state index contributed by atoms with van der Waals surface area (Å²) in [6.45, 7) is 11.2. The lowest BCUT2D eigenvalue weighted by Gasteiger charge is -2.47. The van der Waals surface area contributed by atoms with E-state index in [4.69, 9.17) is 4.74 Å². The highest BCUT2D eigenvalue weighted by Crippen LogP contribution is 2.45. The maximum atomic E-state index is 15.5. The molecule has 23 nitrogen and oxygen atoms in total. The second-order valence-corrected chi connectivity index (χ2v) is 30.7. The number of nitrogens with zero attached hydrogens (tertiary/aromatic N) is 8. The highest BCUT2D eigenvalue weighted by Gasteiger charge is 2.56. The fourth-order valence-electron chi connectivity index (χ4n) is 16.3. The number of amides is 11. The van der Waals surface area contributed by atoms with Crippen LogP contribution in [0, 0.1) is 41.4 Å². The van der Waals surface area contributed by atoms with Gasteiger partial charge in [-0.1, -0.05) is 78.9 Å². The number of fused-ring (bicyclic) bond motifs is 3. The van der Waals surface area contributed by atoms with Gasteiger partial charge < -0.3 is 59.9 Å². The minimum Gasteiger partial charge on any atom is -0.377 e. The lowest BCUT2D eigenvalue weighted by molar-refractivity contribution is -0.219. The number of carbonyl (C=O) groups excluding carboxylic acids is 11. The van der Waals surface area contributed by atoms with Crippen LogP contribution in [0.2, 0.25) is 0 Å². The predicted octanol–water partition coefficient (Wildman–Crippen LogP) is 6.69. The van der Waals surface area contributed by atoms with Crippen LogP contribution in [0.15, 0.2) is 12.2 Å². The van der Waals surface area contributed by atoms with E-state index in [1.807, 2.05) is 27.7 Å². The van der Waals surface area contributed by atoms with Crippen molar-refractivity contribution in [2.75, 3.05) is 75.1 Å². The molecule has 0 aromatic rings. The predicted molar refractivity (Wildman–Crippen MR) is 368 cm³/mol. The Morgan fingerprint density at radius 2 is 1.27 bits per heavy atom. The average molecular weight is 1450 g/mol. The molecule has 6 fully saturated rings. The molecule has 11 amide bonds. The lowest BCUT2D eigenvalue weighted by atomic mass is 9.74. The molecule has 0 radical (unpaired) electrons. The molecule has 2 saturated heterocycles. The van der Waals surface area contributed by atoms with Gasteiger partial charge in [-0.25, -0.2) is 13.2 Å². The zero-order valence-corrected chi connectivity index (χ0v) is 62.3. The Labute approximate surface area is 598 Å². The highest BCUT2D eigenvalue weighted by molar-refractivity contribution is 6.00. The molecule has 3 heterocycles. The Morgan fingerprint density at radius 3 is 1.85 bits per heavy atom. The zero-order chi connectivity index (χ0) is 75.6. The van der Waals surface area contributed by atoms with Crippen molar-refractivity contribution in [2.24, 2.45) is 41.4 Å². The van der Waals surface area contributed by atoms with Gasteiger partial charge in [0.1, 0.15) is 72.3 Å². The van der Waals surface area contributed by atoms with Crippen LogP contribution in [0.5, 0.6) is 0 Å². The summed E-state index contributed by atoms with van der Waals surface area (Å²) in [5.74, 6) is -12.7. The number of nitrogens with one attached hydrogen (secondary N) is 3. The Bertz CT molecular complexity index is 3000. The summed E-state index contributed by atoms with van der Waals surface area (Å²) < 4.78 is 93.7. The molecule has 3 aliphatic heterocycles. The number of ether oxygens (including phenoxy) is 1. The summed E-state index contributed by atoms with van der Waals surface area (Å²) in [6.07, 6.45) is -6.24. The Balaban J connectivity index is 1.29. The first kappa shape index (κ1) is 82.7. The monoisotopic (exact) mass is 1450 g/mol. The maximum absolute atomic E-state index is 15.5. The number of hydrogen-bond donors (Lipinski definition) is 3. The maximum Gasteiger partial charge on any atom is 0.397 e. The van der Waals surface area contributed by atoms with Crippen LogP contribution in [-0.2, 0) is 57.5 Å². The molecule has 3 N–H and O–H groups in total. The summed E-state index contributed by atoms with van der Waals surface area (Å²) in [7, 11) is 8.63. The van der Waals surface area contributed by atoms with E-state index in [1.165, 1.54) is 76.6 Å². The van der Waals surface area contributed by atoms with E-state index in [9.17, 15) is 41.5 Å². The standard InChI is InChI=1S/C73H115F6N11O12/c1-14-42(5)62-69(99)84(9)41-60(93)86(11)54-22-19-18-20-31-89(68(54)98)57(37-48-26-27-49(74)32-43(48)6)67(97)83(8)40-58(91)80-53(28-25-46-34-51(75)61(52(76)35-46)73(77,78)79)66(96)90-39-50(102-17-4)38-56(90)65(95)82-72(29-21-30-72)71(101)88(13)63(47(15-2)16-3)70(100)85(10)44(7)33-59(92)87(12)55(64(94)81-62)36-45-23-24-45/h18-19,42-57,61-63H,14-17,20-41H2,1-13H3,(H,80,91)(H,81,94)(H,82,95)/b19-18-/t42-,43?,44+,46?,48?,49?,50+,51?,52?,53-,54-,55-,56-,57-,61?,62-,63-/m0/s1. The van der Waals surface area contributed by atoms with Crippen molar-refractivity contribution in [1.82, 2.24) is 55.1 Å². The average Bonchev–Trinajstić information content (AvgIpc) is 1.11. The largest absolute Gasteiger partial charge is 0.397 e. The van der Waals surface area contributed by atoms with E-state index >= 15 is 37.5 Å². The van der Waals surface area contributed by atoms with Crippen molar-refractivity contribution >= 4 is 65.0 Å². The van der Waals surface area contributed by atoms with E-state index in [2.05, 4.69) is 16.0 Å². The second kappa shape index (κ2) is 36.0. The molecular formula is C73H115F6N11O12. The topological polar surface area (TPSA) is 259 Å². The number of likely N-dealkylation sites (N-methyl/N-ethyl adjacent to an activating group) is 6. The van der Waals surface area contributed by atoms with E-state index in [1.54, 1.807) is 32.9 Å². The molecule has 29 heteroatoms. The fraction of sp³-hybridized carbons (Fsp3) is 0.822. The number of halogens is 6. The summed E-state index contributed by atoms with van der Waals surface area (Å²) >= 11 is 0. The third-order valence-corrected chi connectivity index (χ3v) is 23.6. The molecule has 0 aromatic carbocycles. The minimum absolute atomic E-state index is 0.0136. The molecule has 102 heavy (non-hydrogen) atoms. The first-order chi connectivity index (χ1) is 48.0. The summed E-state index contributed by atoms with van der Waals surface area (Å²) in [6, 6.07) is -9.69. The molecule has 4 aliphatic carbocycles. The SMILES string of the molecule is CCO[C@@H]1C[C@H]2C(=O)NC3(CCC3)C(=O)N(C)[C@@H](C(CC)CC)C(=O)N(C)[C@H](C)CC(=O)N(C)[C@@H](CC3CC3)C(=O)N[C@@H]([C@@H](C)CC)C(=O)N(C)CC(=O)N(C)[C@H]3C/C=C\CCN(C3=O)[C@@H](CC3CCC(F)CC3C)C(=O)N(C)CC(=O)N[C@@H](CCC3CC(F)C(C(F)(F)F)C(F)C3)C(=O)N2C1. The molecule has 15 atom stereocenters. The first-order valence-corrected chi connectivity index (χ1v) is 37.4. The van der Waals surface area contributed by atoms with Crippen LogP contribution in [0.25, 0.3) is 0 Å². The first-order valence-electron chi connectivity index (χ1n) is 37.4. The van der Waals surface area contributed by atoms with Gasteiger partial charge in [-0.05, 0) is 139 Å². The fourth-order valence-corrected chi connectivity index (χ4v) is 16.3. The van der Waals surface area contributed by atoms with E-state index in [0.717, 1.165) is 17.7 Å². The summed E-state index contributed by atoms with van der Waals surface area (Å²) in [4.78, 5) is 175. The van der Waals surface area contributed by atoms with Crippen LogP contribution in [0.4, 0.5) is 26.3 Å². The lowest BCUT2D eigenvalue weighted by Crippen LogP contribution is -2.68. The van der Waals surface area contributed by atoms with Gasteiger partial charge in [0.15, 0.2) is 0 Å². The van der Waals surface area contributed by atoms with Gasteiger partial charge >= 0.3 is 6.18 Å². The Morgan fingerprint density at radius 1 is 0.627 bits per heavy atom. The number of alkyl halides is 6. The van der Waals surface area contributed by atoms with E-state index in [-0.39, 0.29) is 108 Å². The minimum atomic E-state index is -5.18. The molecule has 4 saturated carbocycles. The van der Waals surface area contributed by atoms with Gasteiger partial charge in [0, 0.05) is 80.9 Å². The van der Waals surface area contributed by atoms with Gasteiger partial charge in [-0.2, -0.15) is 13.2 Å². The Kier molecular flexibility index (Phi) is 29.2. The van der Waals surface area contributed by atoms with Crippen molar-refractivity contribution in [3.05, 3.63) is 12.2 Å². The third kappa shape index (κ3) is 19.9. The van der Waals surface area contributed by atoms with Crippen LogP contribution in [0.1, 0.15) is 183 Å². The normalized spacial score (nSPS) is 33.5. The van der Waals surface area contributed by atoms with Crippen LogP contribution in [-0.4, -0.2) is 264 Å². The highest BCUT2D eigenvalue weighted by atomic mass is 19.4. The third-order valence-electron chi connectivity index (χ3n) is 23.6. The molecule has 1 spiro atoms. The molecule has 7 aliphatic rings. The van der Waals surface area contributed by atoms with Gasteiger partial charge in [-0.3, -0.25) is 52.7 Å². The smallest absolute Gasteiger partial charge is 0.377 e. The number of hydrogen-bond acceptors (Lipinski definition) is 12.